The average molecular weight is 291 g/mol. The molecule has 0 saturated carbocycles. The number of piperidine rings is 1. The fraction of sp³-hybridized carbons (Fsp3) is 0.733. The third-order valence-electron chi connectivity index (χ3n) is 4.84. The minimum absolute atomic E-state index is 0.545. The summed E-state index contributed by atoms with van der Waals surface area (Å²) in [6, 6.07) is 2.51. The van der Waals surface area contributed by atoms with Crippen molar-refractivity contribution in [2.24, 2.45) is 5.92 Å². The molecule has 1 atom stereocenters. The van der Waals surface area contributed by atoms with Gasteiger partial charge in [-0.25, -0.2) is 9.97 Å². The third-order valence-corrected chi connectivity index (χ3v) is 4.84. The van der Waals surface area contributed by atoms with Crippen LogP contribution in [0.2, 0.25) is 0 Å². The zero-order valence-corrected chi connectivity index (χ0v) is 12.7. The van der Waals surface area contributed by atoms with Gasteiger partial charge in [0.1, 0.15) is 18.0 Å². The molecule has 3 heterocycles. The first kappa shape index (κ1) is 14.5. The van der Waals surface area contributed by atoms with Crippen LogP contribution in [0.4, 0.5) is 11.6 Å². The molecular formula is C15H25N5O. The summed E-state index contributed by atoms with van der Waals surface area (Å²) in [5, 5.41) is 0. The summed E-state index contributed by atoms with van der Waals surface area (Å²) in [6.07, 6.45) is 3.97. The first-order valence-corrected chi connectivity index (χ1v) is 7.88. The number of hydrogen-bond donors (Lipinski definition) is 1. The molecule has 0 aromatic carbocycles. The van der Waals surface area contributed by atoms with Crippen molar-refractivity contribution in [1.29, 1.82) is 0 Å². The van der Waals surface area contributed by atoms with Gasteiger partial charge in [-0.3, -0.25) is 4.90 Å². The van der Waals surface area contributed by atoms with Gasteiger partial charge in [0.05, 0.1) is 13.2 Å². The topological polar surface area (TPSA) is 67.5 Å². The van der Waals surface area contributed by atoms with E-state index in [0.717, 1.165) is 51.1 Å². The van der Waals surface area contributed by atoms with E-state index in [1.807, 2.05) is 6.07 Å². The maximum atomic E-state index is 5.74. The van der Waals surface area contributed by atoms with Crippen molar-refractivity contribution in [3.63, 3.8) is 0 Å². The Balaban J connectivity index is 1.54. The minimum Gasteiger partial charge on any atom is -0.384 e. The molecule has 1 aromatic rings. The standard InChI is InChI=1S/C15H25N5O/c1-12(19-6-8-21-9-7-19)13-2-4-20(5-3-13)15-10-14(16)17-11-18-15/h10-13H,2-9H2,1H3,(H2,16,17,18). The molecule has 2 saturated heterocycles. The highest BCUT2D eigenvalue weighted by Crippen LogP contribution is 2.27. The van der Waals surface area contributed by atoms with Crippen LogP contribution in [0.1, 0.15) is 19.8 Å². The number of anilines is 2. The van der Waals surface area contributed by atoms with Crippen LogP contribution in [0.15, 0.2) is 12.4 Å². The Morgan fingerprint density at radius 3 is 2.57 bits per heavy atom. The molecule has 2 aliphatic rings. The molecule has 1 aromatic heterocycles. The molecule has 2 fully saturated rings. The van der Waals surface area contributed by atoms with Crippen LogP contribution < -0.4 is 10.6 Å². The molecule has 3 rings (SSSR count). The Hall–Kier alpha value is -1.40. The Morgan fingerprint density at radius 1 is 1.19 bits per heavy atom. The number of ether oxygens (including phenoxy) is 1. The maximum absolute atomic E-state index is 5.74. The first-order chi connectivity index (χ1) is 10.2. The van der Waals surface area contributed by atoms with Crippen LogP contribution in [0.25, 0.3) is 0 Å². The van der Waals surface area contributed by atoms with Crippen LogP contribution in [0.3, 0.4) is 0 Å². The number of nitrogens with two attached hydrogens (primary N) is 1. The van der Waals surface area contributed by atoms with Gasteiger partial charge in [-0.05, 0) is 25.7 Å². The normalized spacial score (nSPS) is 23.2. The van der Waals surface area contributed by atoms with E-state index in [0.29, 0.717) is 11.9 Å². The fourth-order valence-corrected chi connectivity index (χ4v) is 3.43. The summed E-state index contributed by atoms with van der Waals surface area (Å²) in [5.74, 6) is 2.27. The van der Waals surface area contributed by atoms with Crippen molar-refractivity contribution < 1.29 is 4.74 Å². The van der Waals surface area contributed by atoms with Gasteiger partial charge >= 0.3 is 0 Å². The lowest BCUT2D eigenvalue weighted by molar-refractivity contribution is 0.00448. The van der Waals surface area contributed by atoms with E-state index in [9.17, 15) is 0 Å². The van der Waals surface area contributed by atoms with Gasteiger partial charge in [-0.15, -0.1) is 0 Å². The van der Waals surface area contributed by atoms with Gasteiger partial charge < -0.3 is 15.4 Å². The molecule has 2 N–H and O–H groups in total. The van der Waals surface area contributed by atoms with E-state index < -0.39 is 0 Å². The Labute approximate surface area is 126 Å². The van der Waals surface area contributed by atoms with E-state index in [1.165, 1.54) is 12.8 Å². The van der Waals surface area contributed by atoms with Crippen molar-refractivity contribution in [3.8, 4) is 0 Å². The zero-order chi connectivity index (χ0) is 14.7. The molecule has 0 radical (unpaired) electrons. The number of nitrogens with zero attached hydrogens (tertiary/aromatic N) is 4. The summed E-state index contributed by atoms with van der Waals surface area (Å²) >= 11 is 0. The lowest BCUT2D eigenvalue weighted by Gasteiger charge is -2.41. The fourth-order valence-electron chi connectivity index (χ4n) is 3.43. The predicted octanol–water partition coefficient (Wildman–Crippen LogP) is 0.996. The Kier molecular flexibility index (Phi) is 4.55. The van der Waals surface area contributed by atoms with Gasteiger partial charge in [0.2, 0.25) is 0 Å². The van der Waals surface area contributed by atoms with Gasteiger partial charge in [0, 0.05) is 38.3 Å². The van der Waals surface area contributed by atoms with Crippen molar-refractivity contribution in [2.45, 2.75) is 25.8 Å². The third kappa shape index (κ3) is 3.44. The average Bonchev–Trinajstić information content (AvgIpc) is 2.55. The van der Waals surface area contributed by atoms with Gasteiger partial charge in [-0.1, -0.05) is 0 Å². The Morgan fingerprint density at radius 2 is 1.90 bits per heavy atom. The zero-order valence-electron chi connectivity index (χ0n) is 12.7. The van der Waals surface area contributed by atoms with E-state index in [4.69, 9.17) is 10.5 Å². The second-order valence-electron chi connectivity index (χ2n) is 6.01. The smallest absolute Gasteiger partial charge is 0.134 e. The van der Waals surface area contributed by atoms with E-state index >= 15 is 0 Å². The van der Waals surface area contributed by atoms with Gasteiger partial charge in [0.25, 0.3) is 0 Å². The highest BCUT2D eigenvalue weighted by Gasteiger charge is 2.28. The largest absolute Gasteiger partial charge is 0.384 e. The number of nitrogen functional groups attached to an aromatic ring is 1. The van der Waals surface area contributed by atoms with Crippen LogP contribution in [-0.4, -0.2) is 60.3 Å². The van der Waals surface area contributed by atoms with Crippen molar-refractivity contribution >= 4 is 11.6 Å². The second-order valence-corrected chi connectivity index (χ2v) is 6.01. The molecule has 0 amide bonds. The second kappa shape index (κ2) is 6.58. The molecule has 0 spiro atoms. The first-order valence-electron chi connectivity index (χ1n) is 7.88. The number of aromatic nitrogens is 2. The lowest BCUT2D eigenvalue weighted by Crippen LogP contribution is -2.48. The molecule has 1 unspecified atom stereocenters. The van der Waals surface area contributed by atoms with Crippen LogP contribution in [0.5, 0.6) is 0 Å². The van der Waals surface area contributed by atoms with Crippen molar-refractivity contribution in [1.82, 2.24) is 14.9 Å². The summed E-state index contributed by atoms with van der Waals surface area (Å²) in [4.78, 5) is 13.2. The van der Waals surface area contributed by atoms with Crippen LogP contribution in [-0.2, 0) is 4.74 Å². The van der Waals surface area contributed by atoms with E-state index in [1.54, 1.807) is 6.33 Å². The molecule has 0 bridgehead atoms. The predicted molar refractivity (Wildman–Crippen MR) is 83.2 cm³/mol. The lowest BCUT2D eigenvalue weighted by atomic mass is 9.89. The summed E-state index contributed by atoms with van der Waals surface area (Å²) in [7, 11) is 0. The SMILES string of the molecule is CC(C1CCN(c2cc(N)ncn2)CC1)N1CCOCC1. The van der Waals surface area contributed by atoms with Crippen molar-refractivity contribution in [2.75, 3.05) is 50.0 Å². The van der Waals surface area contributed by atoms with Crippen molar-refractivity contribution in [3.05, 3.63) is 12.4 Å². The highest BCUT2D eigenvalue weighted by molar-refractivity contribution is 5.46. The van der Waals surface area contributed by atoms with E-state index in [2.05, 4.69) is 26.7 Å². The number of rotatable bonds is 3. The molecule has 2 aliphatic heterocycles. The number of hydrogen-bond acceptors (Lipinski definition) is 6. The Bertz CT molecular complexity index is 455. The van der Waals surface area contributed by atoms with Gasteiger partial charge in [-0.2, -0.15) is 0 Å². The number of morpholine rings is 1. The molecule has 21 heavy (non-hydrogen) atoms. The van der Waals surface area contributed by atoms with Gasteiger partial charge in [0.15, 0.2) is 0 Å². The minimum atomic E-state index is 0.545. The summed E-state index contributed by atoms with van der Waals surface area (Å²) in [6.45, 7) is 8.38. The van der Waals surface area contributed by atoms with Crippen LogP contribution >= 0.6 is 0 Å². The highest BCUT2D eigenvalue weighted by atomic mass is 16.5. The van der Waals surface area contributed by atoms with Crippen LogP contribution in [0, 0.1) is 5.92 Å². The monoisotopic (exact) mass is 291 g/mol. The molecule has 6 heteroatoms. The molecule has 0 aliphatic carbocycles. The maximum Gasteiger partial charge on any atom is 0.134 e. The summed E-state index contributed by atoms with van der Waals surface area (Å²) in [5.41, 5.74) is 5.74. The quantitative estimate of drug-likeness (QED) is 0.896. The molecule has 116 valence electrons. The molecular weight excluding hydrogens is 266 g/mol. The molecule has 6 nitrogen and oxygen atoms in total. The summed E-state index contributed by atoms with van der Waals surface area (Å²) < 4.78 is 5.45. The van der Waals surface area contributed by atoms with E-state index in [-0.39, 0.29) is 0 Å².